The highest BCUT2D eigenvalue weighted by atomic mass is 79.9. The predicted octanol–water partition coefficient (Wildman–Crippen LogP) is 2.80. The van der Waals surface area contributed by atoms with Crippen LogP contribution in [0.5, 0.6) is 0 Å². The number of hydrogen-bond donors (Lipinski definition) is 2. The quantitative estimate of drug-likeness (QED) is 0.883. The molecular formula is C13H16BrClN2O2. The third kappa shape index (κ3) is 3.28. The molecule has 0 spiro atoms. The highest BCUT2D eigenvalue weighted by Gasteiger charge is 2.38. The number of carbonyl (C=O) groups is 1. The SMILES string of the molecule is NCC1(C(=O)Nc2ccc(Cl)cc2Br)CCOCC1. The summed E-state index contributed by atoms with van der Waals surface area (Å²) in [4.78, 5) is 12.5. The van der Waals surface area contributed by atoms with Crippen LogP contribution in [-0.2, 0) is 9.53 Å². The van der Waals surface area contributed by atoms with Gasteiger partial charge < -0.3 is 15.8 Å². The maximum absolute atomic E-state index is 12.5. The van der Waals surface area contributed by atoms with Gasteiger partial charge in [0.05, 0.1) is 11.1 Å². The Hall–Kier alpha value is -0.620. The van der Waals surface area contributed by atoms with Crippen LogP contribution in [0.4, 0.5) is 5.69 Å². The summed E-state index contributed by atoms with van der Waals surface area (Å²) < 4.78 is 6.06. The van der Waals surface area contributed by atoms with Gasteiger partial charge in [0.1, 0.15) is 0 Å². The van der Waals surface area contributed by atoms with Gasteiger partial charge in [-0.3, -0.25) is 4.79 Å². The number of nitrogens with two attached hydrogens (primary N) is 1. The maximum Gasteiger partial charge on any atom is 0.232 e. The number of rotatable bonds is 3. The first-order valence-electron chi connectivity index (χ1n) is 6.12. The van der Waals surface area contributed by atoms with Gasteiger partial charge in [0, 0.05) is 29.3 Å². The van der Waals surface area contributed by atoms with Crippen molar-refractivity contribution in [2.24, 2.45) is 11.1 Å². The minimum Gasteiger partial charge on any atom is -0.381 e. The fourth-order valence-electron chi connectivity index (χ4n) is 2.13. The van der Waals surface area contributed by atoms with Crippen LogP contribution in [0.1, 0.15) is 12.8 Å². The van der Waals surface area contributed by atoms with E-state index >= 15 is 0 Å². The summed E-state index contributed by atoms with van der Waals surface area (Å²) in [7, 11) is 0. The first-order chi connectivity index (χ1) is 9.07. The molecule has 4 nitrogen and oxygen atoms in total. The van der Waals surface area contributed by atoms with Crippen LogP contribution in [0.2, 0.25) is 5.02 Å². The summed E-state index contributed by atoms with van der Waals surface area (Å²) in [6.45, 7) is 1.48. The summed E-state index contributed by atoms with van der Waals surface area (Å²) in [6, 6.07) is 5.26. The van der Waals surface area contributed by atoms with Crippen LogP contribution in [0.15, 0.2) is 22.7 Å². The molecule has 1 aromatic rings. The van der Waals surface area contributed by atoms with Crippen LogP contribution < -0.4 is 11.1 Å². The zero-order valence-electron chi connectivity index (χ0n) is 10.4. The lowest BCUT2D eigenvalue weighted by Crippen LogP contribution is -2.46. The van der Waals surface area contributed by atoms with Gasteiger partial charge in [-0.25, -0.2) is 0 Å². The van der Waals surface area contributed by atoms with Gasteiger partial charge in [0.25, 0.3) is 0 Å². The molecule has 1 aliphatic heterocycles. The molecule has 6 heteroatoms. The summed E-state index contributed by atoms with van der Waals surface area (Å²) in [5.74, 6) is -0.0543. The summed E-state index contributed by atoms with van der Waals surface area (Å²) in [5, 5.41) is 3.53. The minimum atomic E-state index is -0.530. The van der Waals surface area contributed by atoms with E-state index in [-0.39, 0.29) is 5.91 Å². The normalized spacial score (nSPS) is 18.1. The molecule has 19 heavy (non-hydrogen) atoms. The van der Waals surface area contributed by atoms with Crippen molar-refractivity contribution in [1.29, 1.82) is 0 Å². The van der Waals surface area contributed by atoms with E-state index < -0.39 is 5.41 Å². The average molecular weight is 348 g/mol. The van der Waals surface area contributed by atoms with Crippen LogP contribution in [-0.4, -0.2) is 25.7 Å². The first kappa shape index (κ1) is 14.8. The van der Waals surface area contributed by atoms with Crippen molar-refractivity contribution in [3.63, 3.8) is 0 Å². The van der Waals surface area contributed by atoms with Gasteiger partial charge in [0.15, 0.2) is 0 Å². The van der Waals surface area contributed by atoms with Crippen LogP contribution in [0.3, 0.4) is 0 Å². The molecule has 1 aromatic carbocycles. The third-order valence-corrected chi connectivity index (χ3v) is 4.39. The van der Waals surface area contributed by atoms with E-state index in [1.54, 1.807) is 18.2 Å². The van der Waals surface area contributed by atoms with E-state index in [1.807, 2.05) is 0 Å². The van der Waals surface area contributed by atoms with Crippen molar-refractivity contribution in [3.05, 3.63) is 27.7 Å². The number of halogens is 2. The van der Waals surface area contributed by atoms with Crippen LogP contribution >= 0.6 is 27.5 Å². The van der Waals surface area contributed by atoms with Gasteiger partial charge in [-0.15, -0.1) is 0 Å². The lowest BCUT2D eigenvalue weighted by atomic mass is 9.79. The number of benzene rings is 1. The number of hydrogen-bond acceptors (Lipinski definition) is 3. The van der Waals surface area contributed by atoms with E-state index in [4.69, 9.17) is 22.1 Å². The molecule has 1 heterocycles. The minimum absolute atomic E-state index is 0.0543. The molecule has 104 valence electrons. The third-order valence-electron chi connectivity index (χ3n) is 3.50. The van der Waals surface area contributed by atoms with Crippen molar-refractivity contribution >= 4 is 39.1 Å². The Balaban J connectivity index is 2.15. The van der Waals surface area contributed by atoms with E-state index in [0.717, 1.165) is 4.47 Å². The smallest absolute Gasteiger partial charge is 0.232 e. The molecule has 0 radical (unpaired) electrons. The molecule has 1 fully saturated rings. The van der Waals surface area contributed by atoms with E-state index in [0.29, 0.717) is 43.3 Å². The molecular weight excluding hydrogens is 332 g/mol. The van der Waals surface area contributed by atoms with Crippen molar-refractivity contribution in [3.8, 4) is 0 Å². The molecule has 0 atom stereocenters. The number of amides is 1. The molecule has 1 saturated heterocycles. The van der Waals surface area contributed by atoms with Gasteiger partial charge in [-0.2, -0.15) is 0 Å². The lowest BCUT2D eigenvalue weighted by Gasteiger charge is -2.34. The Morgan fingerprint density at radius 1 is 1.47 bits per heavy atom. The highest BCUT2D eigenvalue weighted by molar-refractivity contribution is 9.10. The topological polar surface area (TPSA) is 64.4 Å². The fourth-order valence-corrected chi connectivity index (χ4v) is 2.91. The molecule has 0 aliphatic carbocycles. The lowest BCUT2D eigenvalue weighted by molar-refractivity contribution is -0.130. The van der Waals surface area contributed by atoms with Crippen molar-refractivity contribution < 1.29 is 9.53 Å². The number of nitrogens with one attached hydrogen (secondary N) is 1. The van der Waals surface area contributed by atoms with E-state index in [9.17, 15) is 4.79 Å². The molecule has 0 unspecified atom stereocenters. The number of anilines is 1. The van der Waals surface area contributed by atoms with Crippen molar-refractivity contribution in [2.45, 2.75) is 12.8 Å². The zero-order valence-corrected chi connectivity index (χ0v) is 12.8. The second-order valence-corrected chi connectivity index (χ2v) is 5.97. The molecule has 1 amide bonds. The van der Waals surface area contributed by atoms with Gasteiger partial charge in [0.2, 0.25) is 5.91 Å². The Bertz CT molecular complexity index is 476. The molecule has 3 N–H and O–H groups in total. The number of ether oxygens (including phenoxy) is 1. The molecule has 1 aliphatic rings. The summed E-state index contributed by atoms with van der Waals surface area (Å²) in [5.41, 5.74) is 5.98. The van der Waals surface area contributed by atoms with Gasteiger partial charge in [-0.1, -0.05) is 11.6 Å². The van der Waals surface area contributed by atoms with Crippen molar-refractivity contribution in [1.82, 2.24) is 0 Å². The largest absolute Gasteiger partial charge is 0.381 e. The fraction of sp³-hybridized carbons (Fsp3) is 0.462. The molecule has 0 aromatic heterocycles. The predicted molar refractivity (Wildman–Crippen MR) is 79.3 cm³/mol. The molecule has 0 saturated carbocycles. The number of carbonyl (C=O) groups excluding carboxylic acids is 1. The molecule has 0 bridgehead atoms. The summed E-state index contributed by atoms with van der Waals surface area (Å²) in [6.07, 6.45) is 1.31. The standard InChI is InChI=1S/C13H16BrClN2O2/c14-10-7-9(15)1-2-11(10)17-12(18)13(8-16)3-5-19-6-4-13/h1-2,7H,3-6,8,16H2,(H,17,18). The van der Waals surface area contributed by atoms with Crippen molar-refractivity contribution in [2.75, 3.05) is 25.1 Å². The maximum atomic E-state index is 12.5. The first-order valence-corrected chi connectivity index (χ1v) is 7.29. The Kier molecular flexibility index (Phi) is 4.84. The van der Waals surface area contributed by atoms with Crippen LogP contribution in [0, 0.1) is 5.41 Å². The average Bonchev–Trinajstić information content (AvgIpc) is 2.42. The Morgan fingerprint density at radius 2 is 2.16 bits per heavy atom. The van der Waals surface area contributed by atoms with Gasteiger partial charge in [-0.05, 0) is 47.0 Å². The second-order valence-electron chi connectivity index (χ2n) is 4.68. The summed E-state index contributed by atoms with van der Waals surface area (Å²) >= 11 is 9.26. The second kappa shape index (κ2) is 6.22. The van der Waals surface area contributed by atoms with E-state index in [2.05, 4.69) is 21.2 Å². The highest BCUT2D eigenvalue weighted by Crippen LogP contribution is 2.33. The zero-order chi connectivity index (χ0) is 13.9. The van der Waals surface area contributed by atoms with E-state index in [1.165, 1.54) is 0 Å². The van der Waals surface area contributed by atoms with Crippen LogP contribution in [0.25, 0.3) is 0 Å². The Morgan fingerprint density at radius 3 is 2.74 bits per heavy atom. The monoisotopic (exact) mass is 346 g/mol. The molecule has 2 rings (SSSR count). The van der Waals surface area contributed by atoms with Gasteiger partial charge >= 0.3 is 0 Å². The Labute approximate surface area is 125 Å².